The van der Waals surface area contributed by atoms with Gasteiger partial charge < -0.3 is 14.2 Å². The monoisotopic (exact) mass is 306 g/mol. The normalized spacial score (nSPS) is 10.0. The first-order valence-corrected chi connectivity index (χ1v) is 6.65. The molecule has 0 amide bonds. The Balaban J connectivity index is 2.05. The number of carbonyl (C=O) groups is 1. The third-order valence-electron chi connectivity index (χ3n) is 2.86. The summed E-state index contributed by atoms with van der Waals surface area (Å²) in [6.07, 6.45) is 0. The molecule has 0 spiro atoms. The predicted octanol–water partition coefficient (Wildman–Crippen LogP) is 3.62. The molecule has 0 aliphatic carbocycles. The lowest BCUT2D eigenvalue weighted by atomic mass is 10.1. The fourth-order valence-electron chi connectivity index (χ4n) is 1.73. The minimum atomic E-state index is -0.131. The zero-order valence-corrected chi connectivity index (χ0v) is 12.5. The molecule has 5 heteroatoms. The average molecular weight is 307 g/mol. The van der Waals surface area contributed by atoms with E-state index in [1.807, 2.05) is 0 Å². The van der Waals surface area contributed by atoms with Crippen molar-refractivity contribution >= 4 is 17.4 Å². The van der Waals surface area contributed by atoms with Gasteiger partial charge in [0.1, 0.15) is 17.2 Å². The number of methoxy groups -OCH3 is 2. The van der Waals surface area contributed by atoms with Crippen LogP contribution in [0.15, 0.2) is 42.5 Å². The highest BCUT2D eigenvalue weighted by Crippen LogP contribution is 2.27. The summed E-state index contributed by atoms with van der Waals surface area (Å²) in [5.41, 5.74) is 0.550. The van der Waals surface area contributed by atoms with E-state index in [4.69, 9.17) is 25.8 Å². The van der Waals surface area contributed by atoms with E-state index in [0.717, 1.165) is 0 Å². The van der Waals surface area contributed by atoms with Crippen molar-refractivity contribution in [3.63, 3.8) is 0 Å². The van der Waals surface area contributed by atoms with E-state index in [-0.39, 0.29) is 12.4 Å². The second-order valence-corrected chi connectivity index (χ2v) is 4.70. The fourth-order valence-corrected chi connectivity index (χ4v) is 1.86. The average Bonchev–Trinajstić information content (AvgIpc) is 2.52. The minimum Gasteiger partial charge on any atom is -0.496 e. The molecule has 0 heterocycles. The molecule has 0 aliphatic rings. The summed E-state index contributed by atoms with van der Waals surface area (Å²) >= 11 is 5.79. The number of carbonyl (C=O) groups excluding carboxylic acids is 1. The molecular formula is C16H15ClO4. The van der Waals surface area contributed by atoms with E-state index < -0.39 is 0 Å². The molecule has 21 heavy (non-hydrogen) atoms. The standard InChI is InChI=1S/C16H15ClO4/c1-19-13-7-14(20-2)9-15(8-13)21-10-16(18)11-3-5-12(17)6-4-11/h3-9H,10H2,1-2H3. The Morgan fingerprint density at radius 2 is 1.48 bits per heavy atom. The van der Waals surface area contributed by atoms with Crippen molar-refractivity contribution < 1.29 is 19.0 Å². The number of ketones is 1. The van der Waals surface area contributed by atoms with E-state index in [2.05, 4.69) is 0 Å². The smallest absolute Gasteiger partial charge is 0.200 e. The molecule has 4 nitrogen and oxygen atoms in total. The molecule has 2 aromatic carbocycles. The first-order chi connectivity index (χ1) is 10.1. The molecular weight excluding hydrogens is 292 g/mol. The first-order valence-electron chi connectivity index (χ1n) is 6.27. The molecule has 2 aromatic rings. The van der Waals surface area contributed by atoms with Crippen LogP contribution in [0.3, 0.4) is 0 Å². The predicted molar refractivity (Wildman–Crippen MR) is 80.8 cm³/mol. The van der Waals surface area contributed by atoms with Crippen molar-refractivity contribution in [2.24, 2.45) is 0 Å². The van der Waals surface area contributed by atoms with Crippen LogP contribution in [0.25, 0.3) is 0 Å². The minimum absolute atomic E-state index is 0.0715. The van der Waals surface area contributed by atoms with Gasteiger partial charge in [-0.2, -0.15) is 0 Å². The zero-order chi connectivity index (χ0) is 15.2. The van der Waals surface area contributed by atoms with Crippen LogP contribution in [0.5, 0.6) is 17.2 Å². The lowest BCUT2D eigenvalue weighted by Crippen LogP contribution is -2.11. The maximum Gasteiger partial charge on any atom is 0.200 e. The van der Waals surface area contributed by atoms with Crippen molar-refractivity contribution in [2.45, 2.75) is 0 Å². The van der Waals surface area contributed by atoms with E-state index in [0.29, 0.717) is 27.8 Å². The van der Waals surface area contributed by atoms with Crippen LogP contribution in [-0.2, 0) is 0 Å². The summed E-state index contributed by atoms with van der Waals surface area (Å²) < 4.78 is 15.8. The van der Waals surface area contributed by atoms with Gasteiger partial charge in [0.05, 0.1) is 14.2 Å². The van der Waals surface area contributed by atoms with Crippen LogP contribution in [0.1, 0.15) is 10.4 Å². The Hall–Kier alpha value is -2.20. The van der Waals surface area contributed by atoms with Gasteiger partial charge in [-0.1, -0.05) is 11.6 Å². The number of rotatable bonds is 6. The molecule has 110 valence electrons. The third kappa shape index (κ3) is 4.13. The van der Waals surface area contributed by atoms with Crippen molar-refractivity contribution in [3.8, 4) is 17.2 Å². The summed E-state index contributed by atoms with van der Waals surface area (Å²) in [6.45, 7) is -0.0715. The third-order valence-corrected chi connectivity index (χ3v) is 3.11. The van der Waals surface area contributed by atoms with Gasteiger partial charge in [-0.05, 0) is 24.3 Å². The number of ether oxygens (including phenoxy) is 3. The quantitative estimate of drug-likeness (QED) is 0.765. The number of halogens is 1. The zero-order valence-electron chi connectivity index (χ0n) is 11.8. The van der Waals surface area contributed by atoms with Gasteiger partial charge in [-0.3, -0.25) is 4.79 Å². The summed E-state index contributed by atoms with van der Waals surface area (Å²) in [7, 11) is 3.11. The van der Waals surface area contributed by atoms with E-state index in [9.17, 15) is 4.79 Å². The SMILES string of the molecule is COc1cc(OC)cc(OCC(=O)c2ccc(Cl)cc2)c1. The lowest BCUT2D eigenvalue weighted by molar-refractivity contribution is 0.0921. The van der Waals surface area contributed by atoms with E-state index in [1.165, 1.54) is 0 Å². The van der Waals surface area contributed by atoms with Gasteiger partial charge in [0.2, 0.25) is 0 Å². The van der Waals surface area contributed by atoms with Gasteiger partial charge in [-0.25, -0.2) is 0 Å². The molecule has 0 saturated heterocycles. The van der Waals surface area contributed by atoms with Crippen molar-refractivity contribution in [1.29, 1.82) is 0 Å². The molecule has 0 radical (unpaired) electrons. The summed E-state index contributed by atoms with van der Waals surface area (Å²) in [5, 5.41) is 0.588. The maximum absolute atomic E-state index is 12.0. The molecule has 0 aliphatic heterocycles. The highest BCUT2D eigenvalue weighted by atomic mass is 35.5. The van der Waals surface area contributed by atoms with Gasteiger partial charge in [-0.15, -0.1) is 0 Å². The maximum atomic E-state index is 12.0. The lowest BCUT2D eigenvalue weighted by Gasteiger charge is -2.10. The molecule has 0 atom stereocenters. The van der Waals surface area contributed by atoms with Crippen LogP contribution in [0.4, 0.5) is 0 Å². The number of Topliss-reactive ketones (excluding diaryl/α,β-unsaturated/α-hetero) is 1. The summed E-state index contributed by atoms with van der Waals surface area (Å²) in [4.78, 5) is 12.0. The highest BCUT2D eigenvalue weighted by molar-refractivity contribution is 6.30. The molecule has 0 saturated carbocycles. The van der Waals surface area contributed by atoms with Gasteiger partial charge in [0.15, 0.2) is 12.4 Å². The second-order valence-electron chi connectivity index (χ2n) is 4.27. The van der Waals surface area contributed by atoms with Gasteiger partial charge >= 0.3 is 0 Å². The van der Waals surface area contributed by atoms with Crippen LogP contribution >= 0.6 is 11.6 Å². The van der Waals surface area contributed by atoms with Crippen LogP contribution in [0, 0.1) is 0 Å². The Labute approximate surface area is 128 Å². The number of hydrogen-bond donors (Lipinski definition) is 0. The number of hydrogen-bond acceptors (Lipinski definition) is 4. The van der Waals surface area contributed by atoms with Crippen LogP contribution < -0.4 is 14.2 Å². The van der Waals surface area contributed by atoms with Gasteiger partial charge in [0.25, 0.3) is 0 Å². The molecule has 0 aromatic heterocycles. The molecule has 0 N–H and O–H groups in total. The molecule has 2 rings (SSSR count). The summed E-state index contributed by atoms with van der Waals surface area (Å²) in [5.74, 6) is 1.58. The number of benzene rings is 2. The Kier molecular flexibility index (Phi) is 5.06. The fraction of sp³-hybridized carbons (Fsp3) is 0.188. The molecule has 0 bridgehead atoms. The van der Waals surface area contributed by atoms with Crippen LogP contribution in [-0.4, -0.2) is 26.6 Å². The largest absolute Gasteiger partial charge is 0.496 e. The summed E-state index contributed by atoms with van der Waals surface area (Å²) in [6, 6.07) is 11.8. The van der Waals surface area contributed by atoms with Crippen molar-refractivity contribution in [2.75, 3.05) is 20.8 Å². The second kappa shape index (κ2) is 6.99. The van der Waals surface area contributed by atoms with Crippen molar-refractivity contribution in [3.05, 3.63) is 53.1 Å². The highest BCUT2D eigenvalue weighted by Gasteiger charge is 2.08. The molecule has 0 fully saturated rings. The van der Waals surface area contributed by atoms with Crippen molar-refractivity contribution in [1.82, 2.24) is 0 Å². The first kappa shape index (κ1) is 15.2. The Bertz CT molecular complexity index is 600. The van der Waals surface area contributed by atoms with Crippen LogP contribution in [0.2, 0.25) is 5.02 Å². The van der Waals surface area contributed by atoms with E-state index >= 15 is 0 Å². The molecule has 0 unspecified atom stereocenters. The Morgan fingerprint density at radius 3 is 2.00 bits per heavy atom. The topological polar surface area (TPSA) is 44.8 Å². The Morgan fingerprint density at radius 1 is 0.952 bits per heavy atom. The van der Waals surface area contributed by atoms with Gasteiger partial charge in [0, 0.05) is 28.8 Å². The van der Waals surface area contributed by atoms with E-state index in [1.54, 1.807) is 56.7 Å².